The van der Waals surface area contributed by atoms with E-state index in [4.69, 9.17) is 9.72 Å². The van der Waals surface area contributed by atoms with Gasteiger partial charge in [0.25, 0.3) is 0 Å². The smallest absolute Gasteiger partial charge is 0.334 e. The van der Waals surface area contributed by atoms with Gasteiger partial charge in [0.2, 0.25) is 0 Å². The van der Waals surface area contributed by atoms with Crippen LogP contribution in [-0.4, -0.2) is 22.1 Å². The predicted molar refractivity (Wildman–Crippen MR) is 123 cm³/mol. The Bertz CT molecular complexity index is 1210. The van der Waals surface area contributed by atoms with Gasteiger partial charge in [-0.05, 0) is 22.8 Å². The van der Waals surface area contributed by atoms with Crippen LogP contribution in [0.5, 0.6) is 0 Å². The van der Waals surface area contributed by atoms with E-state index in [0.717, 1.165) is 33.7 Å². The molecular formula is C28H22N2O2. The molecule has 4 heteroatoms. The van der Waals surface area contributed by atoms with Crippen LogP contribution < -0.4 is 0 Å². The Morgan fingerprint density at radius 2 is 1.34 bits per heavy atom. The van der Waals surface area contributed by atoms with Crippen LogP contribution in [0, 0.1) is 5.92 Å². The van der Waals surface area contributed by atoms with Gasteiger partial charge in [-0.3, -0.25) is 0 Å². The van der Waals surface area contributed by atoms with Gasteiger partial charge < -0.3 is 9.30 Å². The third kappa shape index (κ3) is 2.69. The van der Waals surface area contributed by atoms with Gasteiger partial charge in [-0.1, -0.05) is 91.0 Å². The van der Waals surface area contributed by atoms with Crippen molar-refractivity contribution in [3.05, 3.63) is 131 Å². The summed E-state index contributed by atoms with van der Waals surface area (Å²) in [6.45, 7) is 0.443. The molecule has 0 radical (unpaired) electrons. The summed E-state index contributed by atoms with van der Waals surface area (Å²) in [4.78, 5) is 17.2. The normalized spacial score (nSPS) is 17.3. The first kappa shape index (κ1) is 18.8. The predicted octanol–water partition coefficient (Wildman–Crippen LogP) is 4.84. The Morgan fingerprint density at radius 1 is 0.812 bits per heavy atom. The zero-order chi connectivity index (χ0) is 21.5. The highest BCUT2D eigenvalue weighted by Crippen LogP contribution is 2.44. The van der Waals surface area contributed by atoms with E-state index in [-0.39, 0.29) is 11.9 Å². The van der Waals surface area contributed by atoms with Crippen molar-refractivity contribution in [2.75, 3.05) is 6.61 Å². The number of carbonyl (C=O) groups excluding carboxylic acids is 1. The molecule has 4 nitrogen and oxygen atoms in total. The van der Waals surface area contributed by atoms with Crippen LogP contribution in [0.15, 0.2) is 103 Å². The molecule has 0 spiro atoms. The highest BCUT2D eigenvalue weighted by molar-refractivity contribution is 5.96. The van der Waals surface area contributed by atoms with Crippen molar-refractivity contribution in [2.24, 2.45) is 5.92 Å². The molecule has 2 heterocycles. The van der Waals surface area contributed by atoms with E-state index in [1.807, 2.05) is 30.6 Å². The van der Waals surface area contributed by atoms with Crippen LogP contribution in [0.1, 0.15) is 28.1 Å². The number of esters is 1. The summed E-state index contributed by atoms with van der Waals surface area (Å²) in [5.74, 6) is -0.115. The van der Waals surface area contributed by atoms with E-state index in [1.165, 1.54) is 0 Å². The van der Waals surface area contributed by atoms with Crippen molar-refractivity contribution in [3.8, 4) is 0 Å². The minimum atomic E-state index is -0.642. The largest absolute Gasteiger partial charge is 0.462 e. The van der Waals surface area contributed by atoms with Crippen molar-refractivity contribution in [1.29, 1.82) is 0 Å². The lowest BCUT2D eigenvalue weighted by molar-refractivity contribution is -0.135. The van der Waals surface area contributed by atoms with Gasteiger partial charge in [0.15, 0.2) is 0 Å². The Kier molecular flexibility index (Phi) is 4.32. The van der Waals surface area contributed by atoms with Crippen molar-refractivity contribution in [2.45, 2.75) is 12.0 Å². The zero-order valence-electron chi connectivity index (χ0n) is 17.5. The summed E-state index contributed by atoms with van der Waals surface area (Å²) in [5.41, 5.74) is 5.47. The van der Waals surface area contributed by atoms with Crippen molar-refractivity contribution < 1.29 is 9.53 Å². The summed E-state index contributed by atoms with van der Waals surface area (Å²) in [7, 11) is 0. The van der Waals surface area contributed by atoms with Gasteiger partial charge in [-0.25, -0.2) is 9.78 Å². The second-order valence-corrected chi connectivity index (χ2v) is 8.35. The fourth-order valence-electron chi connectivity index (χ4n) is 5.17. The second-order valence-electron chi connectivity index (χ2n) is 8.35. The van der Waals surface area contributed by atoms with Gasteiger partial charge in [0.1, 0.15) is 5.54 Å². The number of hydrogen-bond acceptors (Lipinski definition) is 3. The van der Waals surface area contributed by atoms with Crippen molar-refractivity contribution in [1.82, 2.24) is 9.55 Å². The molecule has 1 atom stereocenters. The number of cyclic esters (lactones) is 1. The molecule has 3 aromatic carbocycles. The third-order valence-electron chi connectivity index (χ3n) is 6.64. The lowest BCUT2D eigenvalue weighted by Crippen LogP contribution is -2.38. The first-order valence-corrected chi connectivity index (χ1v) is 10.9. The van der Waals surface area contributed by atoms with Crippen LogP contribution in [-0.2, 0) is 21.5 Å². The van der Waals surface area contributed by atoms with Crippen LogP contribution in [0.25, 0.3) is 6.08 Å². The molecular weight excluding hydrogens is 396 g/mol. The number of imidazole rings is 1. The first-order chi connectivity index (χ1) is 15.8. The molecule has 1 saturated heterocycles. The Morgan fingerprint density at radius 3 is 1.88 bits per heavy atom. The van der Waals surface area contributed by atoms with Gasteiger partial charge in [0, 0.05) is 17.9 Å². The average molecular weight is 418 g/mol. The number of fused-ring (bicyclic) bond motifs is 2. The number of hydrogen-bond donors (Lipinski definition) is 0. The maximum atomic E-state index is 12.4. The number of carbonyl (C=O) groups is 1. The molecule has 1 unspecified atom stereocenters. The lowest BCUT2D eigenvalue weighted by atomic mass is 9.76. The summed E-state index contributed by atoms with van der Waals surface area (Å²) in [6, 6.07) is 31.5. The maximum Gasteiger partial charge on any atom is 0.334 e. The van der Waals surface area contributed by atoms with Gasteiger partial charge >= 0.3 is 5.97 Å². The van der Waals surface area contributed by atoms with Crippen LogP contribution in [0.2, 0.25) is 0 Å². The number of nitrogens with zero attached hydrogens (tertiary/aromatic N) is 2. The number of rotatable bonds is 4. The van der Waals surface area contributed by atoms with E-state index in [1.54, 1.807) is 0 Å². The monoisotopic (exact) mass is 418 g/mol. The Labute approximate surface area is 186 Å². The van der Waals surface area contributed by atoms with Crippen molar-refractivity contribution >= 4 is 12.0 Å². The van der Waals surface area contributed by atoms with E-state index in [2.05, 4.69) is 77.4 Å². The number of aromatic nitrogens is 2. The highest BCUT2D eigenvalue weighted by atomic mass is 16.5. The third-order valence-corrected chi connectivity index (χ3v) is 6.64. The quantitative estimate of drug-likeness (QED) is 0.352. The van der Waals surface area contributed by atoms with Gasteiger partial charge in [-0.2, -0.15) is 0 Å². The molecule has 1 aromatic heterocycles. The Balaban J connectivity index is 1.71. The van der Waals surface area contributed by atoms with E-state index < -0.39 is 5.54 Å². The molecule has 1 aliphatic carbocycles. The maximum absolute atomic E-state index is 12.4. The topological polar surface area (TPSA) is 44.1 Å². The molecule has 32 heavy (non-hydrogen) atoms. The molecule has 6 rings (SSSR count). The summed E-state index contributed by atoms with van der Waals surface area (Å²) < 4.78 is 7.57. The number of benzene rings is 3. The lowest BCUT2D eigenvalue weighted by Gasteiger charge is -2.38. The average Bonchev–Trinajstić information content (AvgIpc) is 3.44. The molecule has 1 fully saturated rings. The summed E-state index contributed by atoms with van der Waals surface area (Å²) in [5, 5.41) is 0. The molecule has 0 saturated carbocycles. The zero-order valence-corrected chi connectivity index (χ0v) is 17.5. The molecule has 0 bridgehead atoms. The van der Waals surface area contributed by atoms with E-state index in [9.17, 15) is 4.79 Å². The van der Waals surface area contributed by atoms with E-state index >= 15 is 0 Å². The SMILES string of the molecule is O=C1OCC2Cc3ncn(C(c4ccccc4)(c4ccccc4)c4ccccc4)c3C=C12. The second kappa shape index (κ2) is 7.34. The molecule has 1 aliphatic heterocycles. The molecule has 0 amide bonds. The summed E-state index contributed by atoms with van der Waals surface area (Å²) in [6.07, 6.45) is 4.64. The van der Waals surface area contributed by atoms with Gasteiger partial charge in [-0.15, -0.1) is 0 Å². The van der Waals surface area contributed by atoms with Crippen molar-refractivity contribution in [3.63, 3.8) is 0 Å². The molecule has 2 aliphatic rings. The minimum absolute atomic E-state index is 0.0953. The fourth-order valence-corrected chi connectivity index (χ4v) is 5.17. The minimum Gasteiger partial charge on any atom is -0.462 e. The molecule has 0 N–H and O–H groups in total. The number of ether oxygens (including phenoxy) is 1. The summed E-state index contributed by atoms with van der Waals surface area (Å²) >= 11 is 0. The standard InChI is InChI=1S/C28H22N2O2/c31-27-24-17-26-25(16-20(24)18-32-27)29-19-30(26)28(21-10-4-1-5-11-21,22-12-6-2-7-13-22)23-14-8-3-9-15-23/h1-15,17,19-20H,16,18H2. The van der Waals surface area contributed by atoms with Crippen LogP contribution in [0.4, 0.5) is 0 Å². The first-order valence-electron chi connectivity index (χ1n) is 10.9. The van der Waals surface area contributed by atoms with Crippen LogP contribution >= 0.6 is 0 Å². The molecule has 4 aromatic rings. The van der Waals surface area contributed by atoms with Crippen LogP contribution in [0.3, 0.4) is 0 Å². The van der Waals surface area contributed by atoms with Gasteiger partial charge in [0.05, 0.1) is 24.3 Å². The Hall–Kier alpha value is -3.92. The molecule has 156 valence electrons. The highest BCUT2D eigenvalue weighted by Gasteiger charge is 2.42. The van der Waals surface area contributed by atoms with E-state index in [0.29, 0.717) is 13.0 Å². The fraction of sp³-hybridized carbons (Fsp3) is 0.143.